The molecule has 0 amide bonds. The molecular formula is C23H19N5O4. The third-order valence-corrected chi connectivity index (χ3v) is 5.11. The summed E-state index contributed by atoms with van der Waals surface area (Å²) in [5.74, 6) is 2.28. The largest absolute Gasteiger partial charge is 0.497 e. The molecule has 5 aromatic rings. The summed E-state index contributed by atoms with van der Waals surface area (Å²) < 4.78 is 18.8. The molecule has 2 aromatic carbocycles. The van der Waals surface area contributed by atoms with Gasteiger partial charge in [0.05, 0.1) is 19.9 Å². The van der Waals surface area contributed by atoms with Crippen molar-refractivity contribution < 1.29 is 14.0 Å². The van der Waals surface area contributed by atoms with Gasteiger partial charge in [0.2, 0.25) is 11.7 Å². The summed E-state index contributed by atoms with van der Waals surface area (Å²) in [6.45, 7) is 0.154. The molecule has 0 spiro atoms. The number of rotatable bonds is 6. The maximum atomic E-state index is 13.0. The van der Waals surface area contributed by atoms with Crippen LogP contribution in [0.1, 0.15) is 5.89 Å². The van der Waals surface area contributed by atoms with Gasteiger partial charge in [-0.1, -0.05) is 5.16 Å². The summed E-state index contributed by atoms with van der Waals surface area (Å²) in [4.78, 5) is 17.4. The fourth-order valence-electron chi connectivity index (χ4n) is 3.38. The normalized spacial score (nSPS) is 11.1. The lowest BCUT2D eigenvalue weighted by atomic mass is 10.1. The third-order valence-electron chi connectivity index (χ3n) is 5.11. The van der Waals surface area contributed by atoms with Gasteiger partial charge in [0.1, 0.15) is 23.6 Å². The molecule has 9 nitrogen and oxygen atoms in total. The molecule has 32 heavy (non-hydrogen) atoms. The zero-order valence-electron chi connectivity index (χ0n) is 17.4. The van der Waals surface area contributed by atoms with Crippen molar-refractivity contribution in [3.8, 4) is 34.1 Å². The van der Waals surface area contributed by atoms with Crippen molar-refractivity contribution in [3.63, 3.8) is 0 Å². The van der Waals surface area contributed by atoms with Gasteiger partial charge in [0.15, 0.2) is 0 Å². The molecule has 0 fully saturated rings. The molecule has 0 bridgehead atoms. The summed E-state index contributed by atoms with van der Waals surface area (Å²) in [6.07, 6.45) is 3.38. The molecule has 0 aliphatic heterocycles. The number of fused-ring (bicyclic) bond motifs is 1. The number of methoxy groups -OCH3 is 2. The van der Waals surface area contributed by atoms with Crippen molar-refractivity contribution in [1.82, 2.24) is 24.3 Å². The second-order valence-corrected chi connectivity index (χ2v) is 7.06. The fraction of sp³-hybridized carbons (Fsp3) is 0.130. The van der Waals surface area contributed by atoms with Crippen LogP contribution < -0.4 is 15.0 Å². The van der Waals surface area contributed by atoms with Crippen LogP contribution in [0.5, 0.6) is 11.5 Å². The van der Waals surface area contributed by atoms with E-state index in [-0.39, 0.29) is 12.1 Å². The quantitative estimate of drug-likeness (QED) is 0.409. The van der Waals surface area contributed by atoms with Crippen LogP contribution in [0.15, 0.2) is 76.3 Å². The Balaban J connectivity index is 1.41. The highest BCUT2D eigenvalue weighted by molar-refractivity contribution is 5.66. The lowest BCUT2D eigenvalue weighted by molar-refractivity contribution is 0.370. The minimum absolute atomic E-state index is 0.154. The van der Waals surface area contributed by atoms with E-state index < -0.39 is 0 Å². The standard InChI is InChI=1S/C23H19N5O4/c1-30-17-7-3-15(4-8-17)19-13-20-23(29)27(11-12-28(20)25-19)14-21-24-22(26-32-21)16-5-9-18(31-2)10-6-16/h3-13H,14H2,1-2H3. The van der Waals surface area contributed by atoms with Crippen molar-refractivity contribution >= 4 is 5.52 Å². The highest BCUT2D eigenvalue weighted by Gasteiger charge is 2.13. The Morgan fingerprint density at radius 3 is 2.22 bits per heavy atom. The van der Waals surface area contributed by atoms with E-state index in [1.54, 1.807) is 37.2 Å². The summed E-state index contributed by atoms with van der Waals surface area (Å²) in [5.41, 5.74) is 2.63. The van der Waals surface area contributed by atoms with Gasteiger partial charge in [0.25, 0.3) is 5.56 Å². The Labute approximate surface area is 182 Å². The Morgan fingerprint density at radius 1 is 0.906 bits per heavy atom. The molecule has 0 saturated carbocycles. The Kier molecular flexibility index (Phi) is 4.91. The van der Waals surface area contributed by atoms with Crippen LogP contribution in [0.25, 0.3) is 28.2 Å². The van der Waals surface area contributed by atoms with Gasteiger partial charge < -0.3 is 18.6 Å². The lowest BCUT2D eigenvalue weighted by Gasteiger charge is -2.02. The van der Waals surface area contributed by atoms with Gasteiger partial charge in [-0.3, -0.25) is 4.79 Å². The number of nitrogens with zero attached hydrogens (tertiary/aromatic N) is 5. The van der Waals surface area contributed by atoms with Gasteiger partial charge in [-0.2, -0.15) is 10.1 Å². The second-order valence-electron chi connectivity index (χ2n) is 7.06. The maximum absolute atomic E-state index is 13.0. The van der Waals surface area contributed by atoms with Crippen LogP contribution in [0.2, 0.25) is 0 Å². The van der Waals surface area contributed by atoms with Crippen LogP contribution in [-0.2, 0) is 6.54 Å². The van der Waals surface area contributed by atoms with Crippen LogP contribution in [0.3, 0.4) is 0 Å². The summed E-state index contributed by atoms with van der Waals surface area (Å²) >= 11 is 0. The number of aromatic nitrogens is 5. The first kappa shape index (κ1) is 19.6. The number of ether oxygens (including phenoxy) is 2. The molecule has 0 saturated heterocycles. The molecule has 5 rings (SSSR count). The molecule has 0 unspecified atom stereocenters. The number of hydrogen-bond acceptors (Lipinski definition) is 7. The third kappa shape index (κ3) is 3.60. The lowest BCUT2D eigenvalue weighted by Crippen LogP contribution is -2.21. The number of hydrogen-bond donors (Lipinski definition) is 0. The summed E-state index contributed by atoms with van der Waals surface area (Å²) in [6, 6.07) is 16.6. The van der Waals surface area contributed by atoms with Crippen LogP contribution in [0.4, 0.5) is 0 Å². The van der Waals surface area contributed by atoms with Gasteiger partial charge in [-0.15, -0.1) is 0 Å². The molecule has 0 N–H and O–H groups in total. The molecule has 0 aliphatic rings. The molecule has 160 valence electrons. The Hall–Kier alpha value is -4.40. The van der Waals surface area contributed by atoms with Crippen LogP contribution >= 0.6 is 0 Å². The molecule has 3 aromatic heterocycles. The minimum Gasteiger partial charge on any atom is -0.497 e. The second kappa shape index (κ2) is 8.03. The smallest absolute Gasteiger partial charge is 0.277 e. The van der Waals surface area contributed by atoms with E-state index in [4.69, 9.17) is 14.0 Å². The van der Waals surface area contributed by atoms with E-state index in [0.717, 1.165) is 22.6 Å². The van der Waals surface area contributed by atoms with E-state index in [1.165, 1.54) is 4.57 Å². The molecular weight excluding hydrogens is 410 g/mol. The van der Waals surface area contributed by atoms with Crippen molar-refractivity contribution in [2.24, 2.45) is 0 Å². The van der Waals surface area contributed by atoms with Gasteiger partial charge >= 0.3 is 0 Å². The zero-order chi connectivity index (χ0) is 22.1. The summed E-state index contributed by atoms with van der Waals surface area (Å²) in [7, 11) is 3.22. The van der Waals surface area contributed by atoms with E-state index >= 15 is 0 Å². The minimum atomic E-state index is -0.205. The zero-order valence-corrected chi connectivity index (χ0v) is 17.4. The van der Waals surface area contributed by atoms with E-state index in [1.807, 2.05) is 48.5 Å². The average molecular weight is 429 g/mol. The van der Waals surface area contributed by atoms with Crippen molar-refractivity contribution in [2.75, 3.05) is 14.2 Å². The van der Waals surface area contributed by atoms with E-state index in [9.17, 15) is 4.79 Å². The summed E-state index contributed by atoms with van der Waals surface area (Å²) in [5, 5.41) is 8.52. The highest BCUT2D eigenvalue weighted by atomic mass is 16.5. The molecule has 9 heteroatoms. The van der Waals surface area contributed by atoms with Crippen LogP contribution in [-0.4, -0.2) is 38.5 Å². The number of benzene rings is 2. The first-order valence-electron chi connectivity index (χ1n) is 9.85. The first-order chi connectivity index (χ1) is 15.6. The van der Waals surface area contributed by atoms with E-state index in [2.05, 4.69) is 15.2 Å². The molecule has 0 atom stereocenters. The average Bonchev–Trinajstić information content (AvgIpc) is 3.49. The highest BCUT2D eigenvalue weighted by Crippen LogP contribution is 2.22. The SMILES string of the molecule is COc1ccc(-c2cc3c(=O)n(Cc4nc(-c5ccc(OC)cc5)no4)ccn3n2)cc1. The molecule has 0 aliphatic carbocycles. The van der Waals surface area contributed by atoms with Gasteiger partial charge in [-0.25, -0.2) is 4.52 Å². The molecule has 0 radical (unpaired) electrons. The Bertz CT molecular complexity index is 1430. The maximum Gasteiger partial charge on any atom is 0.277 e. The monoisotopic (exact) mass is 429 g/mol. The topological polar surface area (TPSA) is 96.7 Å². The predicted octanol–water partition coefficient (Wildman–Crippen LogP) is 3.28. The van der Waals surface area contributed by atoms with Crippen molar-refractivity contribution in [2.45, 2.75) is 6.54 Å². The fourth-order valence-corrected chi connectivity index (χ4v) is 3.38. The van der Waals surface area contributed by atoms with E-state index in [0.29, 0.717) is 22.9 Å². The van der Waals surface area contributed by atoms with Crippen molar-refractivity contribution in [1.29, 1.82) is 0 Å². The Morgan fingerprint density at radius 2 is 1.56 bits per heavy atom. The predicted molar refractivity (Wildman–Crippen MR) is 117 cm³/mol. The molecule has 3 heterocycles. The van der Waals surface area contributed by atoms with Gasteiger partial charge in [0, 0.05) is 23.5 Å². The van der Waals surface area contributed by atoms with Crippen molar-refractivity contribution in [3.05, 3.63) is 83.2 Å². The first-order valence-corrected chi connectivity index (χ1v) is 9.85. The van der Waals surface area contributed by atoms with Gasteiger partial charge in [-0.05, 0) is 54.6 Å². The van der Waals surface area contributed by atoms with Crippen LogP contribution in [0, 0.1) is 0 Å².